The van der Waals surface area contributed by atoms with Crippen LogP contribution in [0.15, 0.2) is 10.5 Å². The molecule has 1 aromatic heterocycles. The fraction of sp³-hybridized carbons (Fsp3) is 0.600. The van der Waals surface area contributed by atoms with Crippen molar-refractivity contribution >= 4 is 11.9 Å². The van der Waals surface area contributed by atoms with E-state index in [-0.39, 0.29) is 11.7 Å². The number of aryl methyl sites for hydroxylation is 1. The van der Waals surface area contributed by atoms with Crippen LogP contribution in [-0.2, 0) is 11.3 Å². The molecule has 1 atom stereocenters. The number of nitrogens with zero attached hydrogens (tertiary/aromatic N) is 1. The first kappa shape index (κ1) is 14.6. The van der Waals surface area contributed by atoms with E-state index in [0.717, 1.165) is 25.8 Å². The van der Waals surface area contributed by atoms with Crippen molar-refractivity contribution in [3.8, 4) is 0 Å². The minimum Gasteiger partial charge on any atom is -0.475 e. The van der Waals surface area contributed by atoms with Gasteiger partial charge < -0.3 is 14.4 Å². The number of carbonyl (C=O) groups excluding carboxylic acids is 1. The predicted octanol–water partition coefficient (Wildman–Crippen LogP) is 2.82. The van der Waals surface area contributed by atoms with Gasteiger partial charge in [-0.25, -0.2) is 4.79 Å². The van der Waals surface area contributed by atoms with Crippen LogP contribution in [0.1, 0.15) is 54.5 Å². The topological polar surface area (TPSA) is 70.8 Å². The van der Waals surface area contributed by atoms with Gasteiger partial charge in [-0.3, -0.25) is 4.79 Å². The molecule has 0 bridgehead atoms. The highest BCUT2D eigenvalue weighted by Gasteiger charge is 2.23. The first-order chi connectivity index (χ1) is 9.51. The maximum absolute atomic E-state index is 12.1. The van der Waals surface area contributed by atoms with Crippen LogP contribution in [0.4, 0.5) is 0 Å². The molecule has 1 aliphatic heterocycles. The van der Waals surface area contributed by atoms with Crippen LogP contribution in [0.25, 0.3) is 0 Å². The van der Waals surface area contributed by atoms with Crippen molar-refractivity contribution in [2.45, 2.75) is 46.1 Å². The SMILES string of the molecule is CCC1CCC(=O)N(Cc2cc(C)c(C(=O)O)o2)CC1. The van der Waals surface area contributed by atoms with Gasteiger partial charge in [0.1, 0.15) is 5.76 Å². The van der Waals surface area contributed by atoms with Gasteiger partial charge in [0, 0.05) is 18.5 Å². The molecule has 1 aliphatic rings. The van der Waals surface area contributed by atoms with Crippen molar-refractivity contribution < 1.29 is 19.1 Å². The highest BCUT2D eigenvalue weighted by molar-refractivity contribution is 5.86. The molecule has 0 aliphatic carbocycles. The van der Waals surface area contributed by atoms with E-state index >= 15 is 0 Å². The van der Waals surface area contributed by atoms with E-state index < -0.39 is 5.97 Å². The lowest BCUT2D eigenvalue weighted by molar-refractivity contribution is -0.131. The minimum absolute atomic E-state index is 0.0336. The molecule has 1 fully saturated rings. The summed E-state index contributed by atoms with van der Waals surface area (Å²) in [7, 11) is 0. The molecule has 20 heavy (non-hydrogen) atoms. The molecule has 1 unspecified atom stereocenters. The molecular weight excluding hydrogens is 258 g/mol. The van der Waals surface area contributed by atoms with Gasteiger partial charge in [-0.15, -0.1) is 0 Å². The minimum atomic E-state index is -1.07. The van der Waals surface area contributed by atoms with Crippen molar-refractivity contribution in [3.63, 3.8) is 0 Å². The number of furan rings is 1. The van der Waals surface area contributed by atoms with Gasteiger partial charge in [-0.1, -0.05) is 13.3 Å². The summed E-state index contributed by atoms with van der Waals surface area (Å²) < 4.78 is 5.33. The summed E-state index contributed by atoms with van der Waals surface area (Å²) in [6, 6.07) is 1.71. The van der Waals surface area contributed by atoms with Crippen molar-refractivity contribution in [2.24, 2.45) is 5.92 Å². The van der Waals surface area contributed by atoms with Crippen LogP contribution in [0.3, 0.4) is 0 Å². The molecular formula is C15H21NO4. The van der Waals surface area contributed by atoms with Crippen molar-refractivity contribution in [2.75, 3.05) is 6.54 Å². The molecule has 0 aromatic carbocycles. The molecule has 0 radical (unpaired) electrons. The van der Waals surface area contributed by atoms with Crippen molar-refractivity contribution in [1.82, 2.24) is 4.90 Å². The largest absolute Gasteiger partial charge is 0.475 e. The third-order valence-electron chi connectivity index (χ3n) is 4.01. The molecule has 1 saturated heterocycles. The van der Waals surface area contributed by atoms with E-state index in [1.807, 2.05) is 0 Å². The zero-order valence-corrected chi connectivity index (χ0v) is 12.0. The first-order valence-corrected chi connectivity index (χ1v) is 7.11. The smallest absolute Gasteiger partial charge is 0.372 e. The lowest BCUT2D eigenvalue weighted by atomic mass is 9.98. The summed E-state index contributed by atoms with van der Waals surface area (Å²) in [6.45, 7) is 4.94. The van der Waals surface area contributed by atoms with Gasteiger partial charge >= 0.3 is 5.97 Å². The molecule has 2 heterocycles. The standard InChI is InChI=1S/C15H21NO4/c1-3-11-4-5-13(17)16(7-6-11)9-12-8-10(2)14(20-12)15(18)19/h8,11H,3-7,9H2,1-2H3,(H,18,19). The number of amides is 1. The Morgan fingerprint density at radius 3 is 2.85 bits per heavy atom. The lowest BCUT2D eigenvalue weighted by Crippen LogP contribution is -2.29. The Hall–Kier alpha value is -1.78. The summed E-state index contributed by atoms with van der Waals surface area (Å²) in [4.78, 5) is 24.8. The highest BCUT2D eigenvalue weighted by atomic mass is 16.4. The van der Waals surface area contributed by atoms with Gasteiger partial charge in [0.15, 0.2) is 0 Å². The maximum Gasteiger partial charge on any atom is 0.372 e. The van der Waals surface area contributed by atoms with E-state index in [1.165, 1.54) is 0 Å². The Kier molecular flexibility index (Phi) is 4.47. The van der Waals surface area contributed by atoms with Crippen LogP contribution >= 0.6 is 0 Å². The van der Waals surface area contributed by atoms with Gasteiger partial charge in [0.25, 0.3) is 0 Å². The van der Waals surface area contributed by atoms with Crippen molar-refractivity contribution in [3.05, 3.63) is 23.2 Å². The number of carboxylic acid groups (broad SMARTS) is 1. The van der Waals surface area contributed by atoms with Crippen LogP contribution < -0.4 is 0 Å². The summed E-state index contributed by atoms with van der Waals surface area (Å²) in [5.41, 5.74) is 0.598. The number of hydrogen-bond donors (Lipinski definition) is 1. The zero-order valence-electron chi connectivity index (χ0n) is 12.0. The Morgan fingerprint density at radius 2 is 2.25 bits per heavy atom. The number of carbonyl (C=O) groups is 2. The normalized spacial score (nSPS) is 20.0. The Labute approximate surface area is 118 Å². The summed E-state index contributed by atoms with van der Waals surface area (Å²) in [5, 5.41) is 8.97. The second-order valence-electron chi connectivity index (χ2n) is 5.45. The second kappa shape index (κ2) is 6.11. The third-order valence-corrected chi connectivity index (χ3v) is 4.01. The van der Waals surface area contributed by atoms with Gasteiger partial charge in [-0.2, -0.15) is 0 Å². The zero-order chi connectivity index (χ0) is 14.7. The number of aromatic carboxylic acids is 1. The van der Waals surface area contributed by atoms with Gasteiger partial charge in [-0.05, 0) is 31.7 Å². The Bertz CT molecular complexity index is 506. The van der Waals surface area contributed by atoms with E-state index in [1.54, 1.807) is 17.9 Å². The maximum atomic E-state index is 12.1. The lowest BCUT2D eigenvalue weighted by Gasteiger charge is -2.19. The second-order valence-corrected chi connectivity index (χ2v) is 5.45. The van der Waals surface area contributed by atoms with Crippen LogP contribution in [0.5, 0.6) is 0 Å². The summed E-state index contributed by atoms with van der Waals surface area (Å²) in [6.07, 6.45) is 3.63. The summed E-state index contributed by atoms with van der Waals surface area (Å²) in [5.74, 6) is 0.183. The molecule has 5 nitrogen and oxygen atoms in total. The number of rotatable bonds is 4. The molecule has 110 valence electrons. The number of carboxylic acids is 1. The quantitative estimate of drug-likeness (QED) is 0.920. The third kappa shape index (κ3) is 3.21. The molecule has 5 heteroatoms. The highest BCUT2D eigenvalue weighted by Crippen LogP contribution is 2.23. The van der Waals surface area contributed by atoms with E-state index in [2.05, 4.69) is 6.92 Å². The first-order valence-electron chi connectivity index (χ1n) is 7.11. The monoisotopic (exact) mass is 279 g/mol. The van der Waals surface area contributed by atoms with Crippen LogP contribution in [0.2, 0.25) is 0 Å². The average Bonchev–Trinajstić information content (AvgIpc) is 2.68. The fourth-order valence-electron chi connectivity index (χ4n) is 2.70. The molecule has 1 amide bonds. The summed E-state index contributed by atoms with van der Waals surface area (Å²) >= 11 is 0. The van der Waals surface area contributed by atoms with Gasteiger partial charge in [0.05, 0.1) is 6.54 Å². The molecule has 1 N–H and O–H groups in total. The number of hydrogen-bond acceptors (Lipinski definition) is 3. The van der Waals surface area contributed by atoms with Crippen molar-refractivity contribution in [1.29, 1.82) is 0 Å². The van der Waals surface area contributed by atoms with Crippen LogP contribution in [0, 0.1) is 12.8 Å². The number of likely N-dealkylation sites (tertiary alicyclic amines) is 1. The van der Waals surface area contributed by atoms with E-state index in [4.69, 9.17) is 9.52 Å². The van der Waals surface area contributed by atoms with E-state index in [0.29, 0.717) is 30.2 Å². The van der Waals surface area contributed by atoms with Crippen LogP contribution in [-0.4, -0.2) is 28.4 Å². The Balaban J connectivity index is 2.07. The average molecular weight is 279 g/mol. The molecule has 0 spiro atoms. The Morgan fingerprint density at radius 1 is 1.50 bits per heavy atom. The van der Waals surface area contributed by atoms with Gasteiger partial charge in [0.2, 0.25) is 11.7 Å². The molecule has 1 aromatic rings. The molecule has 2 rings (SSSR count). The fourth-order valence-corrected chi connectivity index (χ4v) is 2.70. The predicted molar refractivity (Wildman–Crippen MR) is 73.5 cm³/mol. The molecule has 0 saturated carbocycles. The van der Waals surface area contributed by atoms with E-state index in [9.17, 15) is 9.59 Å².